The van der Waals surface area contributed by atoms with Crippen LogP contribution in [0.5, 0.6) is 0 Å². The summed E-state index contributed by atoms with van der Waals surface area (Å²) < 4.78 is 38.8. The maximum absolute atomic E-state index is 12.9. The van der Waals surface area contributed by atoms with Crippen molar-refractivity contribution in [3.63, 3.8) is 0 Å². The van der Waals surface area contributed by atoms with Gasteiger partial charge in [0.05, 0.1) is 17.3 Å². The minimum absolute atomic E-state index is 0.000749. The van der Waals surface area contributed by atoms with Crippen LogP contribution in [0.2, 0.25) is 0 Å². The molecule has 3 heterocycles. The fourth-order valence-corrected chi connectivity index (χ4v) is 3.82. The smallest absolute Gasteiger partial charge is 0.334 e. The molecule has 6 nitrogen and oxygen atoms in total. The predicted octanol–water partition coefficient (Wildman–Crippen LogP) is 4.93. The van der Waals surface area contributed by atoms with Gasteiger partial charge in [0.15, 0.2) is 0 Å². The van der Waals surface area contributed by atoms with Crippen LogP contribution in [0.1, 0.15) is 42.1 Å². The van der Waals surface area contributed by atoms with Crippen LogP contribution in [0, 0.1) is 0 Å². The molecule has 1 fully saturated rings. The molecule has 9 heteroatoms. The van der Waals surface area contributed by atoms with Crippen LogP contribution >= 0.6 is 0 Å². The minimum Gasteiger partial charge on any atom is -0.334 e. The van der Waals surface area contributed by atoms with Gasteiger partial charge in [-0.3, -0.25) is 4.79 Å². The molecule has 0 saturated carbocycles. The van der Waals surface area contributed by atoms with Gasteiger partial charge in [-0.15, -0.1) is 0 Å². The lowest BCUT2D eigenvalue weighted by atomic mass is 10.1. The molecule has 2 aromatic heterocycles. The normalized spacial score (nSPS) is 16.2. The van der Waals surface area contributed by atoms with E-state index in [0.717, 1.165) is 36.7 Å². The van der Waals surface area contributed by atoms with Crippen LogP contribution in [0.15, 0.2) is 60.9 Å². The molecule has 3 aromatic rings. The largest absolute Gasteiger partial charge is 0.416 e. The lowest BCUT2D eigenvalue weighted by molar-refractivity contribution is -0.137. The van der Waals surface area contributed by atoms with Gasteiger partial charge in [0.1, 0.15) is 5.82 Å². The molecule has 1 aliphatic rings. The fourth-order valence-electron chi connectivity index (χ4n) is 3.82. The van der Waals surface area contributed by atoms with E-state index in [1.54, 1.807) is 6.07 Å². The Morgan fingerprint density at radius 1 is 1.09 bits per heavy atom. The zero-order chi connectivity index (χ0) is 22.6. The fraction of sp³-hybridized carbons (Fsp3) is 0.304. The minimum atomic E-state index is -4.47. The van der Waals surface area contributed by atoms with E-state index < -0.39 is 11.7 Å². The van der Waals surface area contributed by atoms with E-state index in [4.69, 9.17) is 0 Å². The first kappa shape index (κ1) is 21.7. The molecule has 166 valence electrons. The number of aromatic nitrogens is 3. The van der Waals surface area contributed by atoms with Crippen LogP contribution in [0.3, 0.4) is 0 Å². The zero-order valence-electron chi connectivity index (χ0n) is 17.2. The number of hydrogen-bond donors (Lipinski definition) is 1. The average Bonchev–Trinajstić information content (AvgIpc) is 3.28. The second kappa shape index (κ2) is 9.33. The van der Waals surface area contributed by atoms with Crippen molar-refractivity contribution in [3.8, 4) is 0 Å². The lowest BCUT2D eigenvalue weighted by Crippen LogP contribution is -2.31. The highest BCUT2D eigenvalue weighted by molar-refractivity contribution is 5.77. The van der Waals surface area contributed by atoms with Crippen molar-refractivity contribution in [2.45, 2.75) is 37.9 Å². The maximum atomic E-state index is 12.9. The third kappa shape index (κ3) is 5.22. The van der Waals surface area contributed by atoms with Gasteiger partial charge < -0.3 is 10.2 Å². The molecule has 1 atom stereocenters. The highest BCUT2D eigenvalue weighted by Crippen LogP contribution is 2.33. The van der Waals surface area contributed by atoms with Gasteiger partial charge in [-0.05, 0) is 43.0 Å². The molecule has 0 unspecified atom stereocenters. The number of anilines is 2. The van der Waals surface area contributed by atoms with Crippen LogP contribution in [-0.4, -0.2) is 32.3 Å². The summed E-state index contributed by atoms with van der Waals surface area (Å²) in [4.78, 5) is 27.2. The number of nitrogens with one attached hydrogen (secondary N) is 1. The van der Waals surface area contributed by atoms with Crippen LogP contribution in [0.25, 0.3) is 0 Å². The number of amides is 1. The number of aryl methyl sites for hydroxylation is 1. The first-order valence-electron chi connectivity index (χ1n) is 10.4. The molecular weight excluding hydrogens is 419 g/mol. The van der Waals surface area contributed by atoms with Gasteiger partial charge in [-0.1, -0.05) is 30.3 Å². The Morgan fingerprint density at radius 3 is 2.66 bits per heavy atom. The second-order valence-electron chi connectivity index (χ2n) is 7.59. The summed E-state index contributed by atoms with van der Waals surface area (Å²) in [5.41, 5.74) is 0.955. The summed E-state index contributed by atoms with van der Waals surface area (Å²) in [6.45, 7) is 0.653. The predicted molar refractivity (Wildman–Crippen MR) is 113 cm³/mol. The van der Waals surface area contributed by atoms with Gasteiger partial charge in [0.2, 0.25) is 11.9 Å². The zero-order valence-corrected chi connectivity index (χ0v) is 17.2. The van der Waals surface area contributed by atoms with Crippen molar-refractivity contribution in [1.29, 1.82) is 0 Å². The molecular formula is C23H22F3N5O. The van der Waals surface area contributed by atoms with Crippen molar-refractivity contribution < 1.29 is 18.0 Å². The van der Waals surface area contributed by atoms with Crippen molar-refractivity contribution >= 4 is 17.7 Å². The number of benzene rings is 1. The molecule has 1 N–H and O–H groups in total. The van der Waals surface area contributed by atoms with E-state index >= 15 is 0 Å². The number of carbonyl (C=O) groups excluding carboxylic acids is 1. The number of hydrogen-bond acceptors (Lipinski definition) is 5. The Balaban J connectivity index is 1.45. The Labute approximate surface area is 183 Å². The van der Waals surface area contributed by atoms with Gasteiger partial charge in [-0.25, -0.2) is 15.0 Å². The molecule has 1 aliphatic heterocycles. The van der Waals surface area contributed by atoms with Crippen LogP contribution in [0.4, 0.5) is 24.9 Å². The second-order valence-corrected chi connectivity index (χ2v) is 7.59. The Hall–Kier alpha value is -3.49. The maximum Gasteiger partial charge on any atom is 0.416 e. The summed E-state index contributed by atoms with van der Waals surface area (Å²) >= 11 is 0. The third-order valence-corrected chi connectivity index (χ3v) is 5.39. The third-order valence-electron chi connectivity index (χ3n) is 5.39. The Bertz CT molecular complexity index is 1070. The number of rotatable bonds is 6. The van der Waals surface area contributed by atoms with Crippen molar-refractivity contribution in [1.82, 2.24) is 19.9 Å². The van der Waals surface area contributed by atoms with E-state index in [2.05, 4.69) is 20.3 Å². The summed E-state index contributed by atoms with van der Waals surface area (Å²) in [7, 11) is 0. The highest BCUT2D eigenvalue weighted by Gasteiger charge is 2.32. The van der Waals surface area contributed by atoms with Crippen molar-refractivity contribution in [2.24, 2.45) is 0 Å². The Kier molecular flexibility index (Phi) is 6.34. The number of alkyl halides is 3. The summed E-state index contributed by atoms with van der Waals surface area (Å²) in [6.07, 6.45) is 0.861. The topological polar surface area (TPSA) is 71.0 Å². The Morgan fingerprint density at radius 2 is 1.88 bits per heavy atom. The number of carbonyl (C=O) groups is 1. The number of likely N-dealkylation sites (tertiary alicyclic amines) is 1. The van der Waals surface area contributed by atoms with E-state index in [9.17, 15) is 18.0 Å². The first-order chi connectivity index (χ1) is 15.4. The number of nitrogens with zero attached hydrogens (tertiary/aromatic N) is 4. The van der Waals surface area contributed by atoms with Gasteiger partial charge in [0.25, 0.3) is 0 Å². The van der Waals surface area contributed by atoms with Gasteiger partial charge >= 0.3 is 6.18 Å². The summed E-state index contributed by atoms with van der Waals surface area (Å²) in [6, 6.07) is 13.2. The standard InChI is InChI=1S/C23H22F3N5O/c24-23(25,26)17-10-12-27-20(15-17)30-22-28-13-11-18(29-22)19-7-4-14-31(19)21(32)9-8-16-5-2-1-3-6-16/h1-3,5-6,10-13,15,19H,4,7-9,14H2,(H,27,28,29,30)/t19-/m0/s1. The summed E-state index contributed by atoms with van der Waals surface area (Å²) in [5.74, 6) is 0.195. The molecule has 32 heavy (non-hydrogen) atoms. The van der Waals surface area contributed by atoms with E-state index in [1.807, 2.05) is 35.2 Å². The lowest BCUT2D eigenvalue weighted by Gasteiger charge is -2.24. The van der Waals surface area contributed by atoms with E-state index in [1.165, 1.54) is 6.20 Å². The van der Waals surface area contributed by atoms with E-state index in [-0.39, 0.29) is 23.7 Å². The average molecular weight is 441 g/mol. The van der Waals surface area contributed by atoms with Gasteiger partial charge in [0, 0.05) is 25.4 Å². The monoisotopic (exact) mass is 441 g/mol. The molecule has 0 aliphatic carbocycles. The van der Waals surface area contributed by atoms with Crippen LogP contribution in [-0.2, 0) is 17.4 Å². The SMILES string of the molecule is O=C(CCc1ccccc1)N1CCC[C@H]1c1ccnc(Nc2cc(C(F)(F)F)ccn2)n1. The number of pyridine rings is 1. The molecule has 1 amide bonds. The summed E-state index contributed by atoms with van der Waals surface area (Å²) in [5, 5.41) is 2.73. The highest BCUT2D eigenvalue weighted by atomic mass is 19.4. The quantitative estimate of drug-likeness (QED) is 0.587. The van der Waals surface area contributed by atoms with Crippen molar-refractivity contribution in [2.75, 3.05) is 11.9 Å². The molecule has 0 spiro atoms. The van der Waals surface area contributed by atoms with Crippen LogP contribution < -0.4 is 5.32 Å². The van der Waals surface area contributed by atoms with Gasteiger partial charge in [-0.2, -0.15) is 13.2 Å². The molecule has 4 rings (SSSR count). The first-order valence-corrected chi connectivity index (χ1v) is 10.4. The molecule has 0 radical (unpaired) electrons. The molecule has 0 bridgehead atoms. The van der Waals surface area contributed by atoms with Crippen molar-refractivity contribution in [3.05, 3.63) is 77.7 Å². The molecule has 1 aromatic carbocycles. The number of halogens is 3. The molecule has 1 saturated heterocycles. The van der Waals surface area contributed by atoms with E-state index in [0.29, 0.717) is 25.1 Å².